The Labute approximate surface area is 159 Å². The Morgan fingerprint density at radius 3 is 2.63 bits per heavy atom. The third-order valence-electron chi connectivity index (χ3n) is 4.51. The molecule has 3 aromatic rings. The van der Waals surface area contributed by atoms with Crippen LogP contribution in [0.1, 0.15) is 24.5 Å². The lowest BCUT2D eigenvalue weighted by molar-refractivity contribution is -0.117. The molecule has 0 aliphatic rings. The van der Waals surface area contributed by atoms with Gasteiger partial charge >= 0.3 is 0 Å². The average molecular weight is 361 g/mol. The summed E-state index contributed by atoms with van der Waals surface area (Å²) in [5.41, 5.74) is 4.38. The van der Waals surface area contributed by atoms with Gasteiger partial charge in [-0.2, -0.15) is 0 Å². The van der Waals surface area contributed by atoms with E-state index in [9.17, 15) is 9.59 Å². The maximum absolute atomic E-state index is 12.4. The van der Waals surface area contributed by atoms with Crippen molar-refractivity contribution in [1.82, 2.24) is 4.98 Å². The number of pyridine rings is 1. The van der Waals surface area contributed by atoms with Gasteiger partial charge in [-0.05, 0) is 43.2 Å². The highest BCUT2D eigenvalue weighted by molar-refractivity contribution is 6.02. The van der Waals surface area contributed by atoms with Crippen LogP contribution < -0.4 is 10.2 Å². The second kappa shape index (κ2) is 7.99. The van der Waals surface area contributed by atoms with Gasteiger partial charge < -0.3 is 10.2 Å². The van der Waals surface area contributed by atoms with Crippen LogP contribution in [0.5, 0.6) is 0 Å². The minimum atomic E-state index is -0.122. The number of benzene rings is 2. The van der Waals surface area contributed by atoms with Crippen LogP contribution in [-0.4, -0.2) is 23.3 Å². The Balaban J connectivity index is 1.76. The first-order valence-corrected chi connectivity index (χ1v) is 8.94. The molecule has 27 heavy (non-hydrogen) atoms. The fourth-order valence-electron chi connectivity index (χ4n) is 3.05. The summed E-state index contributed by atoms with van der Waals surface area (Å²) in [5.74, 6) is -0.240. The fourth-order valence-corrected chi connectivity index (χ4v) is 3.05. The molecule has 138 valence electrons. The summed E-state index contributed by atoms with van der Waals surface area (Å²) in [6.07, 6.45) is 1.91. The Bertz CT molecular complexity index is 993. The van der Waals surface area contributed by atoms with E-state index in [2.05, 4.69) is 10.3 Å². The Kier molecular flexibility index (Phi) is 5.50. The number of carbonyl (C=O) groups excluding carboxylic acids is 2. The number of aryl methyl sites for hydroxylation is 2. The number of aromatic nitrogens is 1. The fraction of sp³-hybridized carbons (Fsp3) is 0.227. The van der Waals surface area contributed by atoms with E-state index in [1.165, 1.54) is 6.92 Å². The van der Waals surface area contributed by atoms with Crippen molar-refractivity contribution in [3.63, 3.8) is 0 Å². The molecule has 0 bridgehead atoms. The van der Waals surface area contributed by atoms with Crippen LogP contribution in [0.4, 0.5) is 11.4 Å². The number of carbonyl (C=O) groups is 2. The molecular weight excluding hydrogens is 338 g/mol. The number of hydrogen-bond donors (Lipinski definition) is 1. The molecule has 1 heterocycles. The molecular formula is C22H23N3O2. The highest BCUT2D eigenvalue weighted by Crippen LogP contribution is 2.25. The molecule has 2 aromatic carbocycles. The monoisotopic (exact) mass is 361 g/mol. The standard InChI is InChI=1S/C22H23N3O2/c1-15-9-10-16(2)19(14-15)24-21(27)11-13-25(17(3)26)20-8-4-6-18-7-5-12-23-22(18)20/h4-10,12,14H,11,13H2,1-3H3,(H,24,27). The van der Waals surface area contributed by atoms with Crippen molar-refractivity contribution in [2.24, 2.45) is 0 Å². The van der Waals surface area contributed by atoms with Gasteiger partial charge in [0.05, 0.1) is 11.2 Å². The SMILES string of the molecule is CC(=O)N(CCC(=O)Nc1cc(C)ccc1C)c1cccc2cccnc12. The predicted molar refractivity (Wildman–Crippen MR) is 109 cm³/mol. The molecule has 1 N–H and O–H groups in total. The van der Waals surface area contributed by atoms with Crippen LogP contribution in [0, 0.1) is 13.8 Å². The third-order valence-corrected chi connectivity index (χ3v) is 4.51. The lowest BCUT2D eigenvalue weighted by Crippen LogP contribution is -2.32. The topological polar surface area (TPSA) is 62.3 Å². The summed E-state index contributed by atoms with van der Waals surface area (Å²) >= 11 is 0. The summed E-state index contributed by atoms with van der Waals surface area (Å²) in [5, 5.41) is 3.90. The van der Waals surface area contributed by atoms with Gasteiger partial charge in [0, 0.05) is 37.2 Å². The molecule has 0 aliphatic carbocycles. The molecule has 1 aromatic heterocycles. The lowest BCUT2D eigenvalue weighted by atomic mass is 10.1. The Morgan fingerprint density at radius 1 is 1.07 bits per heavy atom. The van der Waals surface area contributed by atoms with Gasteiger partial charge in [0.15, 0.2) is 0 Å². The van der Waals surface area contributed by atoms with Crippen molar-refractivity contribution < 1.29 is 9.59 Å². The van der Waals surface area contributed by atoms with E-state index in [4.69, 9.17) is 0 Å². The normalized spacial score (nSPS) is 10.6. The first-order chi connectivity index (χ1) is 13.0. The van der Waals surface area contributed by atoms with E-state index in [1.807, 2.05) is 62.4 Å². The van der Waals surface area contributed by atoms with E-state index < -0.39 is 0 Å². The average Bonchev–Trinajstić information content (AvgIpc) is 2.65. The first kappa shape index (κ1) is 18.6. The molecule has 3 rings (SSSR count). The highest BCUT2D eigenvalue weighted by Gasteiger charge is 2.17. The van der Waals surface area contributed by atoms with E-state index in [0.717, 1.165) is 33.4 Å². The van der Waals surface area contributed by atoms with Gasteiger partial charge in [-0.25, -0.2) is 0 Å². The van der Waals surface area contributed by atoms with E-state index >= 15 is 0 Å². The van der Waals surface area contributed by atoms with Crippen LogP contribution in [0.3, 0.4) is 0 Å². The maximum Gasteiger partial charge on any atom is 0.226 e. The van der Waals surface area contributed by atoms with Gasteiger partial charge in [0.25, 0.3) is 0 Å². The number of rotatable bonds is 5. The minimum absolute atomic E-state index is 0.118. The quantitative estimate of drug-likeness (QED) is 0.739. The number of amides is 2. The molecule has 0 radical (unpaired) electrons. The van der Waals surface area contributed by atoms with Gasteiger partial charge in [0.1, 0.15) is 0 Å². The summed E-state index contributed by atoms with van der Waals surface area (Å²) in [4.78, 5) is 30.7. The molecule has 5 heteroatoms. The molecule has 2 amide bonds. The van der Waals surface area contributed by atoms with Crippen LogP contribution in [-0.2, 0) is 9.59 Å². The van der Waals surface area contributed by atoms with Crippen molar-refractivity contribution in [1.29, 1.82) is 0 Å². The molecule has 5 nitrogen and oxygen atoms in total. The van der Waals surface area contributed by atoms with Crippen LogP contribution in [0.15, 0.2) is 54.7 Å². The van der Waals surface area contributed by atoms with Crippen LogP contribution in [0.25, 0.3) is 10.9 Å². The molecule has 0 saturated carbocycles. The maximum atomic E-state index is 12.4. The predicted octanol–water partition coefficient (Wildman–Crippen LogP) is 4.23. The van der Waals surface area contributed by atoms with Crippen molar-refractivity contribution in [2.75, 3.05) is 16.8 Å². The van der Waals surface area contributed by atoms with Gasteiger partial charge in [0.2, 0.25) is 11.8 Å². The largest absolute Gasteiger partial charge is 0.326 e. The summed E-state index contributed by atoms with van der Waals surface area (Å²) in [6, 6.07) is 15.5. The van der Waals surface area contributed by atoms with Crippen molar-refractivity contribution >= 4 is 34.1 Å². The number of nitrogens with zero attached hydrogens (tertiary/aromatic N) is 2. The number of hydrogen-bond acceptors (Lipinski definition) is 3. The zero-order valence-corrected chi connectivity index (χ0v) is 15.8. The first-order valence-electron chi connectivity index (χ1n) is 8.94. The van der Waals surface area contributed by atoms with Gasteiger partial charge in [-0.1, -0.05) is 30.3 Å². The van der Waals surface area contributed by atoms with Gasteiger partial charge in [-0.3, -0.25) is 14.6 Å². The molecule has 0 fully saturated rings. The van der Waals surface area contributed by atoms with Crippen LogP contribution >= 0.6 is 0 Å². The molecule has 0 saturated heterocycles. The lowest BCUT2D eigenvalue weighted by Gasteiger charge is -2.22. The number of anilines is 2. The van der Waals surface area contributed by atoms with E-state index in [-0.39, 0.29) is 18.2 Å². The zero-order chi connectivity index (χ0) is 19.4. The van der Waals surface area contributed by atoms with Gasteiger partial charge in [-0.15, -0.1) is 0 Å². The summed E-state index contributed by atoms with van der Waals surface area (Å²) < 4.78 is 0. The highest BCUT2D eigenvalue weighted by atomic mass is 16.2. The minimum Gasteiger partial charge on any atom is -0.326 e. The van der Waals surface area contributed by atoms with Crippen molar-refractivity contribution in [2.45, 2.75) is 27.2 Å². The van der Waals surface area contributed by atoms with E-state index in [0.29, 0.717) is 6.54 Å². The molecule has 0 atom stereocenters. The number of fused-ring (bicyclic) bond motifs is 1. The molecule has 0 spiro atoms. The third kappa shape index (κ3) is 4.31. The van der Waals surface area contributed by atoms with E-state index in [1.54, 1.807) is 11.1 Å². The number of nitrogens with one attached hydrogen (secondary N) is 1. The van der Waals surface area contributed by atoms with Crippen molar-refractivity contribution in [3.05, 3.63) is 65.9 Å². The number of para-hydroxylation sites is 1. The molecule has 0 aliphatic heterocycles. The second-order valence-corrected chi connectivity index (χ2v) is 6.64. The summed E-state index contributed by atoms with van der Waals surface area (Å²) in [7, 11) is 0. The van der Waals surface area contributed by atoms with Crippen LogP contribution in [0.2, 0.25) is 0 Å². The molecule has 0 unspecified atom stereocenters. The Hall–Kier alpha value is -3.21. The smallest absolute Gasteiger partial charge is 0.226 e. The summed E-state index contributed by atoms with van der Waals surface area (Å²) in [6.45, 7) is 5.74. The van der Waals surface area contributed by atoms with Crippen molar-refractivity contribution in [3.8, 4) is 0 Å². The zero-order valence-electron chi connectivity index (χ0n) is 15.8. The second-order valence-electron chi connectivity index (χ2n) is 6.64. The Morgan fingerprint density at radius 2 is 1.85 bits per heavy atom.